The van der Waals surface area contributed by atoms with Crippen molar-refractivity contribution < 1.29 is 17.9 Å². The Kier molecular flexibility index (Phi) is 6.00. The van der Waals surface area contributed by atoms with E-state index in [0.29, 0.717) is 26.3 Å². The van der Waals surface area contributed by atoms with Gasteiger partial charge in [-0.25, -0.2) is 13.8 Å². The van der Waals surface area contributed by atoms with Crippen LogP contribution in [0.5, 0.6) is 0 Å². The number of aryl methyl sites for hydroxylation is 1. The van der Waals surface area contributed by atoms with Crippen LogP contribution in [0.1, 0.15) is 21.5 Å². The lowest BCUT2D eigenvalue weighted by molar-refractivity contribution is 0.0730. The molecule has 0 bridgehead atoms. The number of hydrazone groups is 1. The molecule has 0 aromatic heterocycles. The lowest BCUT2D eigenvalue weighted by Crippen LogP contribution is -2.40. The summed E-state index contributed by atoms with van der Waals surface area (Å²) in [6.45, 7) is 3.33. The highest BCUT2D eigenvalue weighted by Gasteiger charge is 2.26. The van der Waals surface area contributed by atoms with Crippen molar-refractivity contribution in [1.29, 1.82) is 0 Å². The fraction of sp³-hybridized carbons (Fsp3) is 0.263. The van der Waals surface area contributed by atoms with Gasteiger partial charge in [-0.05, 0) is 30.7 Å². The Labute approximate surface area is 158 Å². The molecule has 0 spiro atoms. The zero-order valence-corrected chi connectivity index (χ0v) is 15.8. The second-order valence-electron chi connectivity index (χ2n) is 6.15. The van der Waals surface area contributed by atoms with E-state index in [-0.39, 0.29) is 10.5 Å². The van der Waals surface area contributed by atoms with Crippen molar-refractivity contribution in [2.45, 2.75) is 11.8 Å². The zero-order chi connectivity index (χ0) is 19.3. The first-order valence-electron chi connectivity index (χ1n) is 8.55. The molecular weight excluding hydrogens is 366 g/mol. The molecule has 7 nitrogen and oxygen atoms in total. The van der Waals surface area contributed by atoms with Crippen molar-refractivity contribution in [2.24, 2.45) is 5.10 Å². The van der Waals surface area contributed by atoms with Crippen molar-refractivity contribution in [3.8, 4) is 0 Å². The zero-order valence-electron chi connectivity index (χ0n) is 15.0. The molecule has 0 aliphatic carbocycles. The summed E-state index contributed by atoms with van der Waals surface area (Å²) in [5.41, 5.74) is 4.63. The molecule has 0 saturated carbocycles. The summed E-state index contributed by atoms with van der Waals surface area (Å²) in [5.74, 6) is -0.475. The predicted octanol–water partition coefficient (Wildman–Crippen LogP) is 1.78. The van der Waals surface area contributed by atoms with Gasteiger partial charge in [-0.3, -0.25) is 4.79 Å². The van der Waals surface area contributed by atoms with Crippen LogP contribution in [-0.4, -0.2) is 51.1 Å². The van der Waals surface area contributed by atoms with Crippen molar-refractivity contribution in [2.75, 3.05) is 26.3 Å². The molecule has 27 heavy (non-hydrogen) atoms. The number of amides is 1. The minimum absolute atomic E-state index is 0.0829. The minimum atomic E-state index is -3.65. The van der Waals surface area contributed by atoms with E-state index in [0.717, 1.165) is 11.1 Å². The molecule has 1 amide bonds. The average Bonchev–Trinajstić information content (AvgIpc) is 2.70. The quantitative estimate of drug-likeness (QED) is 0.626. The first-order chi connectivity index (χ1) is 13.0. The summed E-state index contributed by atoms with van der Waals surface area (Å²) in [5, 5.41) is 3.93. The summed E-state index contributed by atoms with van der Waals surface area (Å²) >= 11 is 0. The van der Waals surface area contributed by atoms with Crippen molar-refractivity contribution >= 4 is 22.1 Å². The molecule has 1 N–H and O–H groups in total. The van der Waals surface area contributed by atoms with E-state index in [1.807, 2.05) is 31.2 Å². The van der Waals surface area contributed by atoms with Crippen LogP contribution < -0.4 is 5.43 Å². The molecule has 8 heteroatoms. The molecule has 1 fully saturated rings. The molecule has 2 aromatic carbocycles. The fourth-order valence-electron chi connectivity index (χ4n) is 2.62. The first kappa shape index (κ1) is 19.2. The van der Waals surface area contributed by atoms with Crippen LogP contribution in [0.2, 0.25) is 0 Å². The largest absolute Gasteiger partial charge is 0.379 e. The molecular formula is C19H21N3O4S. The number of nitrogens with zero attached hydrogens (tertiary/aromatic N) is 2. The number of ether oxygens (including phenoxy) is 1. The van der Waals surface area contributed by atoms with Gasteiger partial charge >= 0.3 is 0 Å². The van der Waals surface area contributed by atoms with Gasteiger partial charge in [-0.1, -0.05) is 35.9 Å². The number of sulfonamides is 1. The molecule has 1 saturated heterocycles. The SMILES string of the molecule is Cc1ccc(/C=N/NC(=O)c2cccc(S(=O)(=O)N3CCOCC3)c2)cc1. The number of carbonyl (C=O) groups excluding carboxylic acids is 1. The summed E-state index contributed by atoms with van der Waals surface area (Å²) in [4.78, 5) is 12.4. The van der Waals surface area contributed by atoms with Crippen LogP contribution in [0.15, 0.2) is 58.5 Å². The Balaban J connectivity index is 1.70. The van der Waals surface area contributed by atoms with Gasteiger partial charge in [0.25, 0.3) is 5.91 Å². The monoisotopic (exact) mass is 387 g/mol. The molecule has 0 unspecified atom stereocenters. The summed E-state index contributed by atoms with van der Waals surface area (Å²) in [6, 6.07) is 13.6. The summed E-state index contributed by atoms with van der Waals surface area (Å²) in [6.07, 6.45) is 1.53. The van der Waals surface area contributed by atoms with Crippen LogP contribution in [0.25, 0.3) is 0 Å². The first-order valence-corrected chi connectivity index (χ1v) is 9.99. The number of nitrogens with one attached hydrogen (secondary N) is 1. The highest BCUT2D eigenvalue weighted by Crippen LogP contribution is 2.18. The molecule has 142 valence electrons. The second kappa shape index (κ2) is 8.43. The van der Waals surface area contributed by atoms with Gasteiger partial charge in [0.05, 0.1) is 24.3 Å². The standard InChI is InChI=1S/C19H21N3O4S/c1-15-5-7-16(8-6-15)14-20-21-19(23)17-3-2-4-18(13-17)27(24,25)22-9-11-26-12-10-22/h2-8,13-14H,9-12H2,1H3,(H,21,23)/b20-14+. The van der Waals surface area contributed by atoms with Gasteiger partial charge in [-0.2, -0.15) is 9.41 Å². The Bertz CT molecular complexity index is 934. The maximum absolute atomic E-state index is 12.7. The third-order valence-corrected chi connectivity index (χ3v) is 6.06. The molecule has 1 aliphatic heterocycles. The van der Waals surface area contributed by atoms with Crippen molar-refractivity contribution in [3.05, 3.63) is 65.2 Å². The number of carbonyl (C=O) groups is 1. The maximum Gasteiger partial charge on any atom is 0.271 e. The van der Waals surface area contributed by atoms with Crippen molar-refractivity contribution in [1.82, 2.24) is 9.73 Å². The summed E-state index contributed by atoms with van der Waals surface area (Å²) < 4.78 is 32.0. The van der Waals surface area contributed by atoms with E-state index in [4.69, 9.17) is 4.74 Å². The molecule has 2 aromatic rings. The molecule has 0 atom stereocenters. The van der Waals surface area contributed by atoms with Crippen LogP contribution in [0, 0.1) is 6.92 Å². The minimum Gasteiger partial charge on any atom is -0.379 e. The van der Waals surface area contributed by atoms with E-state index in [2.05, 4.69) is 10.5 Å². The van der Waals surface area contributed by atoms with E-state index in [9.17, 15) is 13.2 Å². The average molecular weight is 387 g/mol. The number of morpholine rings is 1. The smallest absolute Gasteiger partial charge is 0.271 e. The molecule has 3 rings (SSSR count). The second-order valence-corrected chi connectivity index (χ2v) is 8.09. The van der Waals surface area contributed by atoms with E-state index in [1.165, 1.54) is 22.7 Å². The normalized spacial score (nSPS) is 15.7. The Morgan fingerprint density at radius 3 is 2.56 bits per heavy atom. The molecule has 0 radical (unpaired) electrons. The predicted molar refractivity (Wildman–Crippen MR) is 102 cm³/mol. The Hall–Kier alpha value is -2.55. The number of rotatable bonds is 5. The fourth-order valence-corrected chi connectivity index (χ4v) is 4.07. The highest BCUT2D eigenvalue weighted by atomic mass is 32.2. The molecule has 1 aliphatic rings. The van der Waals surface area contributed by atoms with Crippen LogP contribution >= 0.6 is 0 Å². The van der Waals surface area contributed by atoms with Crippen LogP contribution in [-0.2, 0) is 14.8 Å². The Morgan fingerprint density at radius 2 is 1.85 bits per heavy atom. The Morgan fingerprint density at radius 1 is 1.15 bits per heavy atom. The van der Waals surface area contributed by atoms with Gasteiger partial charge < -0.3 is 4.74 Å². The van der Waals surface area contributed by atoms with Gasteiger partial charge in [0.1, 0.15) is 0 Å². The number of hydrogen-bond acceptors (Lipinski definition) is 5. The van der Waals surface area contributed by atoms with Gasteiger partial charge in [0.15, 0.2) is 0 Å². The van der Waals surface area contributed by atoms with Gasteiger partial charge in [0, 0.05) is 18.7 Å². The third kappa shape index (κ3) is 4.79. The number of hydrogen-bond donors (Lipinski definition) is 1. The van der Waals surface area contributed by atoms with Gasteiger partial charge in [-0.15, -0.1) is 0 Å². The number of benzene rings is 2. The van der Waals surface area contributed by atoms with E-state index >= 15 is 0 Å². The van der Waals surface area contributed by atoms with E-state index in [1.54, 1.807) is 12.1 Å². The highest BCUT2D eigenvalue weighted by molar-refractivity contribution is 7.89. The van der Waals surface area contributed by atoms with Gasteiger partial charge in [0.2, 0.25) is 10.0 Å². The summed E-state index contributed by atoms with van der Waals surface area (Å²) in [7, 11) is -3.65. The maximum atomic E-state index is 12.7. The van der Waals surface area contributed by atoms with Crippen molar-refractivity contribution in [3.63, 3.8) is 0 Å². The third-order valence-electron chi connectivity index (χ3n) is 4.16. The molecule has 1 heterocycles. The van der Waals surface area contributed by atoms with Crippen LogP contribution in [0.3, 0.4) is 0 Å². The lowest BCUT2D eigenvalue weighted by atomic mass is 10.2. The van der Waals surface area contributed by atoms with Crippen LogP contribution in [0.4, 0.5) is 0 Å². The van der Waals surface area contributed by atoms with E-state index < -0.39 is 15.9 Å². The lowest BCUT2D eigenvalue weighted by Gasteiger charge is -2.26. The topological polar surface area (TPSA) is 88.1 Å².